The molecular weight excluding hydrogens is 327 g/mol. The second-order valence-electron chi connectivity index (χ2n) is 4.09. The number of nitrogens with two attached hydrogens (primary N) is 1. The fraction of sp³-hybridized carbons (Fsp3) is 0.0714. The number of thiocarbonyl (C=S) groups is 1. The molecule has 0 unspecified atom stereocenters. The van der Waals surface area contributed by atoms with E-state index in [2.05, 4.69) is 21.2 Å². The first-order valence-electron chi connectivity index (χ1n) is 5.60. The maximum Gasteiger partial charge on any atom is 0.124 e. The largest absolute Gasteiger partial charge is 0.389 e. The number of halogens is 2. The van der Waals surface area contributed by atoms with Crippen LogP contribution >= 0.6 is 28.1 Å². The van der Waals surface area contributed by atoms with Crippen LogP contribution in [-0.4, -0.2) is 4.99 Å². The van der Waals surface area contributed by atoms with Gasteiger partial charge in [-0.1, -0.05) is 34.2 Å². The molecule has 0 amide bonds. The monoisotopic (exact) mass is 338 g/mol. The van der Waals surface area contributed by atoms with Crippen LogP contribution in [0.1, 0.15) is 11.1 Å². The van der Waals surface area contributed by atoms with Crippen LogP contribution in [0.15, 0.2) is 40.9 Å². The van der Waals surface area contributed by atoms with Crippen LogP contribution in [0.5, 0.6) is 0 Å². The minimum absolute atomic E-state index is 0.162. The van der Waals surface area contributed by atoms with Crippen molar-refractivity contribution in [2.75, 3.05) is 5.32 Å². The van der Waals surface area contributed by atoms with Gasteiger partial charge in [0.15, 0.2) is 0 Å². The summed E-state index contributed by atoms with van der Waals surface area (Å²) >= 11 is 8.41. The van der Waals surface area contributed by atoms with Gasteiger partial charge in [0, 0.05) is 21.4 Å². The summed E-state index contributed by atoms with van der Waals surface area (Å²) in [6.45, 7) is 1.98. The minimum Gasteiger partial charge on any atom is -0.389 e. The third kappa shape index (κ3) is 3.11. The molecule has 0 spiro atoms. The Kier molecular flexibility index (Phi) is 4.17. The first-order valence-corrected chi connectivity index (χ1v) is 6.80. The van der Waals surface area contributed by atoms with Crippen LogP contribution in [0.4, 0.5) is 15.8 Å². The summed E-state index contributed by atoms with van der Waals surface area (Å²) < 4.78 is 14.2. The van der Waals surface area contributed by atoms with Gasteiger partial charge in [-0.3, -0.25) is 0 Å². The first-order chi connectivity index (χ1) is 8.99. The van der Waals surface area contributed by atoms with E-state index in [1.165, 1.54) is 12.1 Å². The second-order valence-corrected chi connectivity index (χ2v) is 5.39. The van der Waals surface area contributed by atoms with Crippen LogP contribution in [-0.2, 0) is 0 Å². The molecule has 3 N–H and O–H groups in total. The topological polar surface area (TPSA) is 38.0 Å². The average molecular weight is 339 g/mol. The highest BCUT2D eigenvalue weighted by atomic mass is 79.9. The van der Waals surface area contributed by atoms with Crippen molar-refractivity contribution in [3.8, 4) is 0 Å². The zero-order valence-corrected chi connectivity index (χ0v) is 12.6. The number of nitrogens with one attached hydrogen (secondary N) is 1. The second kappa shape index (κ2) is 5.67. The van der Waals surface area contributed by atoms with E-state index in [9.17, 15) is 4.39 Å². The normalized spacial score (nSPS) is 10.3. The summed E-state index contributed by atoms with van der Waals surface area (Å²) in [5, 5.41) is 3.23. The molecule has 2 nitrogen and oxygen atoms in total. The molecule has 0 saturated carbocycles. The van der Waals surface area contributed by atoms with E-state index in [4.69, 9.17) is 18.0 Å². The summed E-state index contributed by atoms with van der Waals surface area (Å²) in [5.41, 5.74) is 8.78. The van der Waals surface area contributed by atoms with E-state index >= 15 is 0 Å². The first kappa shape index (κ1) is 14.0. The van der Waals surface area contributed by atoms with Crippen molar-refractivity contribution < 1.29 is 4.39 Å². The van der Waals surface area contributed by atoms with Crippen LogP contribution in [0, 0.1) is 12.7 Å². The molecule has 2 rings (SSSR count). The van der Waals surface area contributed by atoms with Gasteiger partial charge in [-0.25, -0.2) is 4.39 Å². The molecule has 0 heterocycles. The Labute approximate surface area is 124 Å². The summed E-state index contributed by atoms with van der Waals surface area (Å²) in [7, 11) is 0. The summed E-state index contributed by atoms with van der Waals surface area (Å²) in [6, 6.07) is 10.1. The smallest absolute Gasteiger partial charge is 0.124 e. The Bertz CT molecular complexity index is 643. The Hall–Kier alpha value is -1.46. The molecule has 2 aromatic carbocycles. The van der Waals surface area contributed by atoms with Gasteiger partial charge in [0.25, 0.3) is 0 Å². The number of benzene rings is 2. The third-order valence-corrected chi connectivity index (χ3v) is 3.86. The summed E-state index contributed by atoms with van der Waals surface area (Å²) in [5.74, 6) is -0.362. The highest BCUT2D eigenvalue weighted by Crippen LogP contribution is 2.28. The van der Waals surface area contributed by atoms with Gasteiger partial charge in [0.05, 0.1) is 0 Å². The Morgan fingerprint density at radius 1 is 1.26 bits per heavy atom. The number of anilines is 2. The van der Waals surface area contributed by atoms with E-state index in [-0.39, 0.29) is 10.8 Å². The van der Waals surface area contributed by atoms with Gasteiger partial charge in [0.2, 0.25) is 0 Å². The highest BCUT2D eigenvalue weighted by molar-refractivity contribution is 9.10. The molecule has 0 aliphatic heterocycles. The van der Waals surface area contributed by atoms with Gasteiger partial charge >= 0.3 is 0 Å². The summed E-state index contributed by atoms with van der Waals surface area (Å²) in [6.07, 6.45) is 0. The lowest BCUT2D eigenvalue weighted by molar-refractivity contribution is 0.628. The standard InChI is InChI=1S/C14H12BrFN2S/c1-8-11(15)3-2-4-12(8)18-13-6-5-9(16)7-10(13)14(17)19/h2-7,18H,1H3,(H2,17,19). The Morgan fingerprint density at radius 2 is 2.00 bits per heavy atom. The van der Waals surface area contributed by atoms with Crippen LogP contribution in [0.25, 0.3) is 0 Å². The molecule has 0 aliphatic rings. The molecule has 0 aromatic heterocycles. The Morgan fingerprint density at radius 3 is 2.68 bits per heavy atom. The molecule has 0 aliphatic carbocycles. The van der Waals surface area contributed by atoms with E-state index in [0.29, 0.717) is 11.3 Å². The Balaban J connectivity index is 2.44. The lowest BCUT2D eigenvalue weighted by atomic mass is 10.1. The van der Waals surface area contributed by atoms with Gasteiger partial charge in [-0.15, -0.1) is 0 Å². The van der Waals surface area contributed by atoms with Gasteiger partial charge in [0.1, 0.15) is 10.8 Å². The average Bonchev–Trinajstić information content (AvgIpc) is 2.36. The highest BCUT2D eigenvalue weighted by Gasteiger charge is 2.09. The van der Waals surface area contributed by atoms with Crippen molar-refractivity contribution in [1.82, 2.24) is 0 Å². The molecule has 0 fully saturated rings. The lowest BCUT2D eigenvalue weighted by Gasteiger charge is -2.14. The zero-order valence-electron chi connectivity index (χ0n) is 10.2. The van der Waals surface area contributed by atoms with Crippen molar-refractivity contribution in [3.63, 3.8) is 0 Å². The molecular formula is C14H12BrFN2S. The van der Waals surface area contributed by atoms with E-state index in [1.54, 1.807) is 6.07 Å². The predicted molar refractivity (Wildman–Crippen MR) is 84.4 cm³/mol. The van der Waals surface area contributed by atoms with Crippen LogP contribution < -0.4 is 11.1 Å². The van der Waals surface area contributed by atoms with Crippen molar-refractivity contribution in [2.24, 2.45) is 5.73 Å². The lowest BCUT2D eigenvalue weighted by Crippen LogP contribution is -2.12. The molecule has 0 atom stereocenters. The van der Waals surface area contributed by atoms with Crippen molar-refractivity contribution in [3.05, 3.63) is 57.8 Å². The van der Waals surface area contributed by atoms with Crippen molar-refractivity contribution in [2.45, 2.75) is 6.92 Å². The fourth-order valence-electron chi connectivity index (χ4n) is 1.72. The van der Waals surface area contributed by atoms with E-state index < -0.39 is 0 Å². The maximum absolute atomic E-state index is 13.2. The molecule has 5 heteroatoms. The number of hydrogen-bond acceptors (Lipinski definition) is 2. The van der Waals surface area contributed by atoms with Gasteiger partial charge in [-0.05, 0) is 42.8 Å². The van der Waals surface area contributed by atoms with Crippen LogP contribution in [0.2, 0.25) is 0 Å². The molecule has 0 radical (unpaired) electrons. The quantitative estimate of drug-likeness (QED) is 0.820. The molecule has 0 bridgehead atoms. The predicted octanol–water partition coefficient (Wildman–Crippen LogP) is 4.27. The molecule has 98 valence electrons. The zero-order chi connectivity index (χ0) is 14.0. The SMILES string of the molecule is Cc1c(Br)cccc1Nc1ccc(F)cc1C(N)=S. The van der Waals surface area contributed by atoms with E-state index in [1.807, 2.05) is 25.1 Å². The fourth-order valence-corrected chi connectivity index (χ4v) is 2.25. The van der Waals surface area contributed by atoms with Gasteiger partial charge < -0.3 is 11.1 Å². The number of rotatable bonds is 3. The summed E-state index contributed by atoms with van der Waals surface area (Å²) in [4.78, 5) is 0.162. The minimum atomic E-state index is -0.362. The third-order valence-electron chi connectivity index (χ3n) is 2.78. The van der Waals surface area contributed by atoms with E-state index in [0.717, 1.165) is 15.7 Å². The maximum atomic E-state index is 13.2. The van der Waals surface area contributed by atoms with Crippen LogP contribution in [0.3, 0.4) is 0 Å². The molecule has 19 heavy (non-hydrogen) atoms. The van der Waals surface area contributed by atoms with Gasteiger partial charge in [-0.2, -0.15) is 0 Å². The van der Waals surface area contributed by atoms with Crippen molar-refractivity contribution >= 4 is 44.5 Å². The van der Waals surface area contributed by atoms with Crippen molar-refractivity contribution in [1.29, 1.82) is 0 Å². The molecule has 2 aromatic rings. The molecule has 0 saturated heterocycles. The number of hydrogen-bond donors (Lipinski definition) is 2.